The lowest BCUT2D eigenvalue weighted by Crippen LogP contribution is -2.44. The maximum Gasteiger partial charge on any atom is 0.250 e. The minimum Gasteiger partial charge on any atom is -0.355 e. The molecule has 0 atom stereocenters. The summed E-state index contributed by atoms with van der Waals surface area (Å²) in [4.78, 5) is 2.17. The standard InChI is InChI=1S/C20H20N6O2S2/c27-30(28,19-7-4-14-29-19)24-16-10-12-25(13-11-16)18-9-8-17-21-22-20(26(17)23-18)15-5-2-1-3-6-15/h1-9,14,16,24H,10-13H2. The van der Waals surface area contributed by atoms with Crippen LogP contribution in [-0.2, 0) is 10.0 Å². The van der Waals surface area contributed by atoms with Crippen LogP contribution in [0.25, 0.3) is 17.0 Å². The Balaban J connectivity index is 1.31. The highest BCUT2D eigenvalue weighted by Gasteiger charge is 2.26. The zero-order valence-corrected chi connectivity index (χ0v) is 17.7. The van der Waals surface area contributed by atoms with Gasteiger partial charge < -0.3 is 4.90 Å². The highest BCUT2D eigenvalue weighted by atomic mass is 32.2. The van der Waals surface area contributed by atoms with Crippen molar-refractivity contribution < 1.29 is 8.42 Å². The van der Waals surface area contributed by atoms with Crippen LogP contribution in [0.3, 0.4) is 0 Å². The predicted octanol–water partition coefficient (Wildman–Crippen LogP) is 2.80. The monoisotopic (exact) mass is 440 g/mol. The van der Waals surface area contributed by atoms with Crippen LogP contribution in [0.4, 0.5) is 5.82 Å². The van der Waals surface area contributed by atoms with Crippen LogP contribution in [-0.4, -0.2) is 47.4 Å². The number of hydrogen-bond donors (Lipinski definition) is 1. The second-order valence-corrected chi connectivity index (χ2v) is 10.1. The highest BCUT2D eigenvalue weighted by Crippen LogP contribution is 2.23. The van der Waals surface area contributed by atoms with Crippen LogP contribution < -0.4 is 9.62 Å². The number of nitrogens with zero attached hydrogens (tertiary/aromatic N) is 5. The van der Waals surface area contributed by atoms with Gasteiger partial charge in [0.05, 0.1) is 0 Å². The van der Waals surface area contributed by atoms with Crippen molar-refractivity contribution in [2.24, 2.45) is 0 Å². The molecule has 1 fully saturated rings. The number of hydrogen-bond acceptors (Lipinski definition) is 7. The molecule has 4 heterocycles. The normalized spacial score (nSPS) is 15.7. The zero-order chi connectivity index (χ0) is 20.6. The third-order valence-corrected chi connectivity index (χ3v) is 8.10. The quantitative estimate of drug-likeness (QED) is 0.513. The Kier molecular flexibility index (Phi) is 4.97. The lowest BCUT2D eigenvalue weighted by molar-refractivity contribution is 0.458. The van der Waals surface area contributed by atoms with Crippen molar-refractivity contribution in [1.82, 2.24) is 24.5 Å². The smallest absolute Gasteiger partial charge is 0.250 e. The Morgan fingerprint density at radius 1 is 0.967 bits per heavy atom. The van der Waals surface area contributed by atoms with E-state index in [1.165, 1.54) is 11.3 Å². The molecule has 1 aromatic carbocycles. The molecular formula is C20H20N6O2S2. The first-order chi connectivity index (χ1) is 14.6. The van der Waals surface area contributed by atoms with Gasteiger partial charge in [0.15, 0.2) is 11.5 Å². The van der Waals surface area contributed by atoms with Gasteiger partial charge in [0, 0.05) is 24.7 Å². The van der Waals surface area contributed by atoms with Gasteiger partial charge in [0.25, 0.3) is 0 Å². The SMILES string of the molecule is O=S(=O)(NC1CCN(c2ccc3nnc(-c4ccccc4)n3n2)CC1)c1cccs1. The van der Waals surface area contributed by atoms with Crippen molar-refractivity contribution in [2.45, 2.75) is 23.1 Å². The van der Waals surface area contributed by atoms with Crippen LogP contribution in [0.2, 0.25) is 0 Å². The van der Waals surface area contributed by atoms with Crippen molar-refractivity contribution in [3.8, 4) is 11.4 Å². The van der Waals surface area contributed by atoms with Gasteiger partial charge >= 0.3 is 0 Å². The molecule has 5 rings (SSSR count). The maximum absolute atomic E-state index is 12.5. The van der Waals surface area contributed by atoms with Gasteiger partial charge in [-0.05, 0) is 36.4 Å². The average molecular weight is 441 g/mol. The molecule has 1 aliphatic heterocycles. The van der Waals surface area contributed by atoms with Crippen molar-refractivity contribution in [3.63, 3.8) is 0 Å². The number of anilines is 1. The van der Waals surface area contributed by atoms with Crippen LogP contribution in [0.15, 0.2) is 64.2 Å². The summed E-state index contributed by atoms with van der Waals surface area (Å²) in [6, 6.07) is 17.0. The van der Waals surface area contributed by atoms with Crippen molar-refractivity contribution in [2.75, 3.05) is 18.0 Å². The fourth-order valence-corrected chi connectivity index (χ4v) is 5.95. The van der Waals surface area contributed by atoms with Gasteiger partial charge in [-0.25, -0.2) is 13.1 Å². The van der Waals surface area contributed by atoms with Gasteiger partial charge in [0.2, 0.25) is 10.0 Å². The summed E-state index contributed by atoms with van der Waals surface area (Å²) < 4.78 is 29.9. The summed E-state index contributed by atoms with van der Waals surface area (Å²) in [6.45, 7) is 1.44. The molecule has 0 saturated carbocycles. The van der Waals surface area contributed by atoms with E-state index >= 15 is 0 Å². The van der Waals surface area contributed by atoms with Gasteiger partial charge in [-0.15, -0.1) is 26.6 Å². The van der Waals surface area contributed by atoms with E-state index in [1.54, 1.807) is 22.0 Å². The molecule has 0 amide bonds. The molecule has 4 aromatic rings. The second kappa shape index (κ2) is 7.78. The van der Waals surface area contributed by atoms with Gasteiger partial charge in [-0.1, -0.05) is 36.4 Å². The van der Waals surface area contributed by atoms with E-state index in [-0.39, 0.29) is 6.04 Å². The molecule has 1 saturated heterocycles. The predicted molar refractivity (Wildman–Crippen MR) is 116 cm³/mol. The number of sulfonamides is 1. The molecule has 1 N–H and O–H groups in total. The van der Waals surface area contributed by atoms with Crippen LogP contribution >= 0.6 is 11.3 Å². The largest absolute Gasteiger partial charge is 0.355 e. The number of thiophene rings is 1. The van der Waals surface area contributed by atoms with Crippen molar-refractivity contribution in [3.05, 3.63) is 60.0 Å². The minimum absolute atomic E-state index is 0.0770. The number of rotatable bonds is 5. The number of fused-ring (bicyclic) bond motifs is 1. The Bertz CT molecular complexity index is 1250. The molecule has 1 aliphatic rings. The molecule has 30 heavy (non-hydrogen) atoms. The molecule has 0 aliphatic carbocycles. The minimum atomic E-state index is -3.44. The summed E-state index contributed by atoms with van der Waals surface area (Å²) in [6.07, 6.45) is 1.44. The number of benzene rings is 1. The average Bonchev–Trinajstić information content (AvgIpc) is 3.45. The van der Waals surface area contributed by atoms with E-state index in [0.29, 0.717) is 15.7 Å². The van der Waals surface area contributed by atoms with Crippen LogP contribution in [0.5, 0.6) is 0 Å². The zero-order valence-electron chi connectivity index (χ0n) is 16.0. The number of aromatic nitrogens is 4. The van der Waals surface area contributed by atoms with Crippen molar-refractivity contribution >= 4 is 32.8 Å². The van der Waals surface area contributed by atoms with E-state index in [9.17, 15) is 8.42 Å². The fraction of sp³-hybridized carbons (Fsp3) is 0.250. The molecule has 0 unspecified atom stereocenters. The van der Waals surface area contributed by atoms with E-state index in [1.807, 2.05) is 42.5 Å². The molecule has 0 bridgehead atoms. The van der Waals surface area contributed by atoms with Crippen molar-refractivity contribution in [1.29, 1.82) is 0 Å². The van der Waals surface area contributed by atoms with E-state index in [0.717, 1.165) is 37.3 Å². The summed E-state index contributed by atoms with van der Waals surface area (Å²) in [7, 11) is -3.44. The fourth-order valence-electron chi connectivity index (χ4n) is 3.64. The molecule has 3 aromatic heterocycles. The lowest BCUT2D eigenvalue weighted by atomic mass is 10.1. The molecular weight excluding hydrogens is 420 g/mol. The van der Waals surface area contributed by atoms with E-state index < -0.39 is 10.0 Å². The van der Waals surface area contributed by atoms with E-state index in [4.69, 9.17) is 5.10 Å². The van der Waals surface area contributed by atoms with Crippen LogP contribution in [0, 0.1) is 0 Å². The lowest BCUT2D eigenvalue weighted by Gasteiger charge is -2.32. The molecule has 154 valence electrons. The van der Waals surface area contributed by atoms with Gasteiger partial charge in [-0.2, -0.15) is 4.52 Å². The maximum atomic E-state index is 12.5. The first kappa shape index (κ1) is 19.2. The Hall–Kier alpha value is -2.82. The first-order valence-electron chi connectivity index (χ1n) is 9.69. The van der Waals surface area contributed by atoms with Gasteiger partial charge in [-0.3, -0.25) is 0 Å². The number of nitrogens with one attached hydrogen (secondary N) is 1. The summed E-state index contributed by atoms with van der Waals surface area (Å²) in [5.74, 6) is 1.53. The third-order valence-electron chi connectivity index (χ3n) is 5.18. The molecule has 10 heteroatoms. The highest BCUT2D eigenvalue weighted by molar-refractivity contribution is 7.91. The Labute approximate surface area is 178 Å². The molecule has 0 spiro atoms. The topological polar surface area (TPSA) is 92.5 Å². The third kappa shape index (κ3) is 3.69. The second-order valence-electron chi connectivity index (χ2n) is 7.17. The van der Waals surface area contributed by atoms with E-state index in [2.05, 4.69) is 19.8 Å². The molecule has 8 nitrogen and oxygen atoms in total. The van der Waals surface area contributed by atoms with Crippen LogP contribution in [0.1, 0.15) is 12.8 Å². The Morgan fingerprint density at radius 2 is 1.77 bits per heavy atom. The summed E-state index contributed by atoms with van der Waals surface area (Å²) >= 11 is 1.23. The Morgan fingerprint density at radius 3 is 2.50 bits per heavy atom. The summed E-state index contributed by atoms with van der Waals surface area (Å²) in [5.41, 5.74) is 1.65. The number of piperidine rings is 1. The molecule has 0 radical (unpaired) electrons. The first-order valence-corrected chi connectivity index (χ1v) is 12.1. The summed E-state index contributed by atoms with van der Waals surface area (Å²) in [5, 5.41) is 15.0. The van der Waals surface area contributed by atoms with Gasteiger partial charge in [0.1, 0.15) is 10.0 Å².